The van der Waals surface area contributed by atoms with Gasteiger partial charge in [0, 0.05) is 0 Å². The van der Waals surface area contributed by atoms with Crippen LogP contribution in [0.2, 0.25) is 0 Å². The second-order valence-electron chi connectivity index (χ2n) is 5.42. The lowest BCUT2D eigenvalue weighted by Gasteiger charge is -2.28. The molecule has 120 valence electrons. The molecule has 1 aliphatic heterocycles. The zero-order chi connectivity index (χ0) is 16.1. The minimum atomic E-state index is -1.50. The van der Waals surface area contributed by atoms with Gasteiger partial charge in [-0.15, -0.1) is 0 Å². The molecule has 1 rings (SSSR count). The number of hydrogen-bond acceptors (Lipinski definition) is 6. The van der Waals surface area contributed by atoms with E-state index < -0.39 is 25.7 Å². The number of hydrogen-bond donors (Lipinski definition) is 0. The van der Waals surface area contributed by atoms with Crippen molar-refractivity contribution < 1.29 is 23.6 Å². The number of rotatable bonds is 6. The van der Waals surface area contributed by atoms with Gasteiger partial charge >= 0.3 is 20.1 Å². The van der Waals surface area contributed by atoms with Gasteiger partial charge in [0.25, 0.3) is 0 Å². The van der Waals surface area contributed by atoms with E-state index in [-0.39, 0.29) is 19.0 Å². The van der Waals surface area contributed by atoms with E-state index in [2.05, 4.69) is 4.99 Å². The van der Waals surface area contributed by atoms with Crippen LogP contribution in [0.15, 0.2) is 4.99 Å². The summed E-state index contributed by atoms with van der Waals surface area (Å²) >= 11 is 0. The number of amides is 1. The molecule has 0 N–H and O–H groups in total. The summed E-state index contributed by atoms with van der Waals surface area (Å²) in [5.74, 6) is 0.216. The van der Waals surface area contributed by atoms with E-state index in [0.717, 1.165) is 0 Å². The fraction of sp³-hybridized carbons (Fsp3) is 0.846. The summed E-state index contributed by atoms with van der Waals surface area (Å²) in [4.78, 5) is 17.8. The molecule has 0 saturated heterocycles. The molecule has 0 aromatic rings. The summed E-state index contributed by atoms with van der Waals surface area (Å²) in [6, 6.07) is 0. The third-order valence-corrected chi connectivity index (χ3v) is 3.36. The monoisotopic (exact) mass is 319 g/mol. The van der Waals surface area contributed by atoms with Crippen molar-refractivity contribution in [1.82, 2.24) is 4.90 Å². The van der Waals surface area contributed by atoms with Crippen LogP contribution in [0, 0.1) is 0 Å². The average Bonchev–Trinajstić information content (AvgIpc) is 2.86. The van der Waals surface area contributed by atoms with Gasteiger partial charge in [0.15, 0.2) is 0 Å². The first-order valence-corrected chi connectivity index (χ1v) is 7.93. The van der Waals surface area contributed by atoms with Gasteiger partial charge in [0.2, 0.25) is 5.84 Å². The van der Waals surface area contributed by atoms with Crippen molar-refractivity contribution in [3.63, 3.8) is 0 Å². The second kappa shape index (κ2) is 7.29. The molecule has 0 aromatic carbocycles. The van der Waals surface area contributed by atoms with Gasteiger partial charge < -0.3 is 14.2 Å². The molecule has 0 spiro atoms. The normalized spacial score (nSPS) is 16.2. The number of ether oxygens (including phenoxy) is 3. The Bertz CT molecular complexity index is 413. The Morgan fingerprint density at radius 2 is 1.86 bits per heavy atom. The van der Waals surface area contributed by atoms with Crippen molar-refractivity contribution in [3.05, 3.63) is 0 Å². The highest BCUT2D eigenvalue weighted by atomic mass is 31.1. The van der Waals surface area contributed by atoms with Crippen molar-refractivity contribution in [1.29, 1.82) is 0 Å². The molecule has 1 amide bonds. The van der Waals surface area contributed by atoms with Crippen LogP contribution < -0.4 is 0 Å². The summed E-state index contributed by atoms with van der Waals surface area (Å²) in [5, 5.41) is 0. The Labute approximate surface area is 126 Å². The maximum absolute atomic E-state index is 12.3. The smallest absolute Gasteiger partial charge is 0.433 e. The number of nitrogens with zero attached hydrogens (tertiary/aromatic N) is 2. The largest absolute Gasteiger partial charge is 0.443 e. The van der Waals surface area contributed by atoms with E-state index in [4.69, 9.17) is 14.2 Å². The molecule has 0 fully saturated rings. The summed E-state index contributed by atoms with van der Waals surface area (Å²) in [6.07, 6.45) is -0.541. The SMILES string of the molecule is CCOC(OCC)([PH+]=O)C1=NCCN1C(=O)OC(C)(C)C. The van der Waals surface area contributed by atoms with Gasteiger partial charge in [-0.25, -0.2) is 4.79 Å². The van der Waals surface area contributed by atoms with Crippen molar-refractivity contribution in [2.75, 3.05) is 26.3 Å². The van der Waals surface area contributed by atoms with Crippen molar-refractivity contribution in [3.8, 4) is 0 Å². The van der Waals surface area contributed by atoms with Gasteiger partial charge in [0.1, 0.15) is 5.60 Å². The van der Waals surface area contributed by atoms with Crippen LogP contribution in [0.5, 0.6) is 0 Å². The molecule has 7 nitrogen and oxygen atoms in total. The van der Waals surface area contributed by atoms with E-state index in [1.807, 2.05) is 0 Å². The number of carbonyl (C=O) groups excluding carboxylic acids is 1. The minimum Gasteiger partial charge on any atom is -0.443 e. The Hall–Kier alpha value is -1.04. The first kappa shape index (κ1) is 18.0. The van der Waals surface area contributed by atoms with Crippen molar-refractivity contribution >= 4 is 20.4 Å². The fourth-order valence-corrected chi connectivity index (χ4v) is 2.62. The van der Waals surface area contributed by atoms with Crippen LogP contribution in [-0.2, 0) is 18.8 Å². The molecular weight excluding hydrogens is 295 g/mol. The maximum atomic E-state index is 12.3. The number of aliphatic imine (C=N–C) groups is 1. The Morgan fingerprint density at radius 1 is 1.29 bits per heavy atom. The molecule has 0 aliphatic carbocycles. The lowest BCUT2D eigenvalue weighted by atomic mass is 10.2. The molecule has 1 heterocycles. The van der Waals surface area contributed by atoms with Gasteiger partial charge in [0.05, 0.1) is 26.3 Å². The molecule has 0 aromatic heterocycles. The minimum absolute atomic E-state index is 0.216. The number of amidine groups is 1. The third-order valence-electron chi connectivity index (χ3n) is 2.58. The highest BCUT2D eigenvalue weighted by molar-refractivity contribution is 7.27. The van der Waals surface area contributed by atoms with Crippen LogP contribution in [0.25, 0.3) is 0 Å². The number of carbonyl (C=O) groups is 1. The van der Waals surface area contributed by atoms with Gasteiger partial charge in [-0.3, -0.25) is 9.89 Å². The first-order valence-electron chi connectivity index (χ1n) is 7.02. The molecular formula is C13H24N2O5P+. The fourth-order valence-electron chi connectivity index (χ4n) is 1.91. The zero-order valence-corrected chi connectivity index (χ0v) is 14.3. The van der Waals surface area contributed by atoms with E-state index in [0.29, 0.717) is 13.1 Å². The molecule has 1 aliphatic rings. The summed E-state index contributed by atoms with van der Waals surface area (Å²) in [5.41, 5.74) is -2.12. The van der Waals surface area contributed by atoms with Gasteiger partial charge in [-0.2, -0.15) is 0 Å². The van der Waals surface area contributed by atoms with Gasteiger partial charge in [-0.05, 0) is 34.6 Å². The predicted octanol–water partition coefficient (Wildman–Crippen LogP) is 2.39. The van der Waals surface area contributed by atoms with E-state index in [9.17, 15) is 9.36 Å². The highest BCUT2D eigenvalue weighted by Gasteiger charge is 2.53. The molecule has 0 saturated carbocycles. The lowest BCUT2D eigenvalue weighted by Crippen LogP contribution is -2.50. The lowest BCUT2D eigenvalue weighted by molar-refractivity contribution is -0.127. The zero-order valence-electron chi connectivity index (χ0n) is 13.3. The molecule has 1 unspecified atom stereocenters. The van der Waals surface area contributed by atoms with Crippen LogP contribution in [0.3, 0.4) is 0 Å². The Kier molecular flexibility index (Phi) is 6.25. The quantitative estimate of drug-likeness (QED) is 0.555. The summed E-state index contributed by atoms with van der Waals surface area (Å²) in [6.45, 7) is 10.2. The average molecular weight is 319 g/mol. The first-order chi connectivity index (χ1) is 9.79. The van der Waals surface area contributed by atoms with E-state index in [1.54, 1.807) is 34.6 Å². The second-order valence-corrected chi connectivity index (χ2v) is 6.28. The van der Waals surface area contributed by atoms with Crippen LogP contribution in [-0.4, -0.2) is 54.3 Å². The molecule has 1 atom stereocenters. The molecule has 21 heavy (non-hydrogen) atoms. The van der Waals surface area contributed by atoms with Crippen molar-refractivity contribution in [2.24, 2.45) is 4.99 Å². The summed E-state index contributed by atoms with van der Waals surface area (Å²) < 4.78 is 28.1. The van der Waals surface area contributed by atoms with Crippen LogP contribution in [0.1, 0.15) is 34.6 Å². The van der Waals surface area contributed by atoms with Crippen LogP contribution >= 0.6 is 8.46 Å². The standard InChI is InChI=1S/C13H23N2O5P/c1-6-18-13(21-17,19-7-2)10-14-8-9-15(10)11(16)20-12(3,4)5/h6-9H2,1-5H3/p+1. The van der Waals surface area contributed by atoms with Crippen LogP contribution in [0.4, 0.5) is 4.79 Å². The summed E-state index contributed by atoms with van der Waals surface area (Å²) in [7, 11) is -0.941. The predicted molar refractivity (Wildman–Crippen MR) is 80.2 cm³/mol. The van der Waals surface area contributed by atoms with Crippen molar-refractivity contribution in [2.45, 2.75) is 45.7 Å². The molecule has 8 heteroatoms. The maximum Gasteiger partial charge on any atom is 0.433 e. The Balaban J connectivity index is 3.01. The molecule has 0 radical (unpaired) electrons. The highest BCUT2D eigenvalue weighted by Crippen LogP contribution is 2.32. The van der Waals surface area contributed by atoms with E-state index >= 15 is 0 Å². The Morgan fingerprint density at radius 3 is 2.29 bits per heavy atom. The topological polar surface area (TPSA) is 77.4 Å². The van der Waals surface area contributed by atoms with E-state index in [1.165, 1.54) is 4.90 Å². The third kappa shape index (κ3) is 4.46. The van der Waals surface area contributed by atoms with Gasteiger partial charge in [-0.1, -0.05) is 4.57 Å². The molecule has 0 bridgehead atoms.